The maximum Gasteiger partial charge on any atom is 0.228 e. The van der Waals surface area contributed by atoms with Gasteiger partial charge in [0, 0.05) is 22.2 Å². The van der Waals surface area contributed by atoms with Gasteiger partial charge in [0.25, 0.3) is 0 Å². The second-order valence-electron chi connectivity index (χ2n) is 11.3. The van der Waals surface area contributed by atoms with Crippen molar-refractivity contribution in [3.05, 3.63) is 64.8 Å². The van der Waals surface area contributed by atoms with Gasteiger partial charge in [-0.05, 0) is 66.0 Å². The van der Waals surface area contributed by atoms with Crippen molar-refractivity contribution in [1.82, 2.24) is 0 Å². The van der Waals surface area contributed by atoms with Crippen molar-refractivity contribution in [2.24, 2.45) is 12.5 Å². The summed E-state index contributed by atoms with van der Waals surface area (Å²) in [7, 11) is 2.14. The van der Waals surface area contributed by atoms with Gasteiger partial charge in [0.15, 0.2) is 6.20 Å². The first-order valence-electron chi connectivity index (χ1n) is 12.8. The van der Waals surface area contributed by atoms with Gasteiger partial charge < -0.3 is 9.15 Å². The zero-order valence-corrected chi connectivity index (χ0v) is 21.9. The van der Waals surface area contributed by atoms with Gasteiger partial charge in [-0.2, -0.15) is 0 Å². The van der Waals surface area contributed by atoms with E-state index in [0.29, 0.717) is 0 Å². The number of nitrogens with zero attached hydrogens (tertiary/aromatic N) is 1. The van der Waals surface area contributed by atoms with Gasteiger partial charge >= 0.3 is 0 Å². The molecule has 0 saturated heterocycles. The van der Waals surface area contributed by atoms with E-state index in [-0.39, 0.29) is 5.41 Å². The van der Waals surface area contributed by atoms with E-state index in [1.807, 2.05) is 0 Å². The number of aryl methyl sites for hydroxylation is 3. The number of furan rings is 1. The van der Waals surface area contributed by atoms with Crippen molar-refractivity contribution >= 4 is 32.7 Å². The second-order valence-corrected chi connectivity index (χ2v) is 11.3. The Morgan fingerprint density at radius 2 is 1.66 bits per heavy atom. The monoisotopic (exact) mass is 464 g/mol. The smallest absolute Gasteiger partial charge is 0.228 e. The molecule has 3 aromatic carbocycles. The molecule has 0 fully saturated rings. The van der Waals surface area contributed by atoms with Gasteiger partial charge in [-0.1, -0.05) is 52.8 Å². The Kier molecular flexibility index (Phi) is 4.80. The highest BCUT2D eigenvalue weighted by atomic mass is 16.5. The fourth-order valence-electron chi connectivity index (χ4n) is 5.92. The summed E-state index contributed by atoms with van der Waals surface area (Å²) in [6, 6.07) is 13.4. The molecule has 0 N–H and O–H groups in total. The van der Waals surface area contributed by atoms with Gasteiger partial charge in [0.1, 0.15) is 35.1 Å². The highest BCUT2D eigenvalue weighted by molar-refractivity contribution is 6.19. The summed E-state index contributed by atoms with van der Waals surface area (Å²) in [5.41, 5.74) is 9.85. The summed E-state index contributed by atoms with van der Waals surface area (Å²) in [5.74, 6) is 1.93. The van der Waals surface area contributed by atoms with Crippen LogP contribution in [0.25, 0.3) is 44.0 Å². The highest BCUT2D eigenvalue weighted by Gasteiger charge is 2.33. The van der Waals surface area contributed by atoms with Crippen molar-refractivity contribution in [1.29, 1.82) is 0 Å². The number of fused-ring (bicyclic) bond motifs is 6. The van der Waals surface area contributed by atoms with Crippen LogP contribution in [0, 0.1) is 12.3 Å². The molecule has 0 saturated carbocycles. The van der Waals surface area contributed by atoms with E-state index >= 15 is 0 Å². The van der Waals surface area contributed by atoms with E-state index in [0.717, 1.165) is 63.5 Å². The fourth-order valence-corrected chi connectivity index (χ4v) is 5.92. The quantitative estimate of drug-likeness (QED) is 0.246. The van der Waals surface area contributed by atoms with Crippen LogP contribution in [-0.2, 0) is 26.3 Å². The minimum absolute atomic E-state index is 0.230. The van der Waals surface area contributed by atoms with Crippen molar-refractivity contribution in [2.75, 3.05) is 0 Å². The normalized spacial score (nSPS) is 13.0. The average molecular weight is 465 g/mol. The summed E-state index contributed by atoms with van der Waals surface area (Å²) in [5, 5.41) is 4.52. The lowest BCUT2D eigenvalue weighted by atomic mass is 9.88. The number of hydrogen-bond acceptors (Lipinski definition) is 2. The first-order chi connectivity index (χ1) is 16.7. The minimum Gasteiger partial charge on any atom is -0.455 e. The molecule has 0 atom stereocenters. The molecular formula is C32H34NO2+. The second kappa shape index (κ2) is 7.58. The van der Waals surface area contributed by atoms with E-state index in [4.69, 9.17) is 9.15 Å². The molecule has 0 radical (unpaired) electrons. The van der Waals surface area contributed by atoms with E-state index in [2.05, 4.69) is 95.8 Å². The van der Waals surface area contributed by atoms with Crippen LogP contribution in [-0.4, -0.2) is 0 Å². The van der Waals surface area contributed by atoms with Crippen LogP contribution in [0.3, 0.4) is 0 Å². The number of rotatable bonds is 3. The van der Waals surface area contributed by atoms with E-state index in [1.165, 1.54) is 33.5 Å². The molecule has 1 aliphatic heterocycles. The number of hydrogen-bond donors (Lipinski definition) is 0. The van der Waals surface area contributed by atoms with Crippen molar-refractivity contribution < 1.29 is 13.7 Å². The molecule has 0 unspecified atom stereocenters. The van der Waals surface area contributed by atoms with Gasteiger partial charge in [0.2, 0.25) is 5.69 Å². The van der Waals surface area contributed by atoms with Crippen LogP contribution in [0.5, 0.6) is 11.5 Å². The van der Waals surface area contributed by atoms with Crippen LogP contribution in [0.15, 0.2) is 47.0 Å². The van der Waals surface area contributed by atoms with Crippen LogP contribution in [0.2, 0.25) is 0 Å². The van der Waals surface area contributed by atoms with E-state index in [9.17, 15) is 0 Å². The topological polar surface area (TPSA) is 26.2 Å². The third-order valence-corrected chi connectivity index (χ3v) is 7.55. The SMILES string of the molecule is CCc1cc(CC)c2c(c1C)-c1c3c(cc4c5ccc(CC(C)(C)C)cc5oc4c3cc[n+]1C)O2. The lowest BCUT2D eigenvalue weighted by Gasteiger charge is -2.24. The number of pyridine rings is 1. The molecule has 3 heterocycles. The van der Waals surface area contributed by atoms with E-state index in [1.54, 1.807) is 0 Å². The molecule has 5 aromatic rings. The first kappa shape index (κ1) is 22.2. The molecule has 2 aromatic heterocycles. The molecular weight excluding hydrogens is 430 g/mol. The minimum atomic E-state index is 0.230. The summed E-state index contributed by atoms with van der Waals surface area (Å²) >= 11 is 0. The Hall–Kier alpha value is -3.33. The zero-order chi connectivity index (χ0) is 24.6. The molecule has 0 amide bonds. The van der Waals surface area contributed by atoms with Crippen LogP contribution < -0.4 is 9.30 Å². The van der Waals surface area contributed by atoms with Crippen molar-refractivity contribution in [3.63, 3.8) is 0 Å². The van der Waals surface area contributed by atoms with Gasteiger partial charge in [-0.25, -0.2) is 4.57 Å². The molecule has 0 bridgehead atoms. The predicted molar refractivity (Wildman–Crippen MR) is 145 cm³/mol. The fraction of sp³-hybridized carbons (Fsp3) is 0.344. The van der Waals surface area contributed by atoms with Crippen molar-refractivity contribution in [2.45, 2.75) is 60.8 Å². The highest BCUT2D eigenvalue weighted by Crippen LogP contribution is 2.51. The largest absolute Gasteiger partial charge is 0.455 e. The zero-order valence-electron chi connectivity index (χ0n) is 21.9. The average Bonchev–Trinajstić information content (AvgIpc) is 3.17. The number of ether oxygens (including phenoxy) is 1. The summed E-state index contributed by atoms with van der Waals surface area (Å²) in [6.07, 6.45) is 5.14. The lowest BCUT2D eigenvalue weighted by Crippen LogP contribution is -2.32. The maximum absolute atomic E-state index is 6.77. The number of aromatic nitrogens is 1. The molecule has 3 nitrogen and oxygen atoms in total. The molecule has 178 valence electrons. The van der Waals surface area contributed by atoms with Crippen molar-refractivity contribution in [3.8, 4) is 22.8 Å². The predicted octanol–water partition coefficient (Wildman–Crippen LogP) is 8.36. The van der Waals surface area contributed by atoms with Crippen LogP contribution in [0.4, 0.5) is 0 Å². The van der Waals surface area contributed by atoms with Gasteiger partial charge in [-0.15, -0.1) is 0 Å². The Bertz CT molecular complexity index is 1660. The summed E-state index contributed by atoms with van der Waals surface area (Å²) < 4.78 is 15.6. The molecule has 1 aliphatic rings. The van der Waals surface area contributed by atoms with Crippen LogP contribution >= 0.6 is 0 Å². The Labute approximate surface area is 207 Å². The Morgan fingerprint density at radius 3 is 2.37 bits per heavy atom. The lowest BCUT2D eigenvalue weighted by molar-refractivity contribution is -0.659. The third kappa shape index (κ3) is 3.28. The first-order valence-corrected chi connectivity index (χ1v) is 12.8. The van der Waals surface area contributed by atoms with Gasteiger partial charge in [-0.3, -0.25) is 0 Å². The van der Waals surface area contributed by atoms with Gasteiger partial charge in [0.05, 0.1) is 5.56 Å². The molecule has 0 spiro atoms. The summed E-state index contributed by atoms with van der Waals surface area (Å²) in [4.78, 5) is 0. The maximum atomic E-state index is 6.77. The molecule has 3 heteroatoms. The van der Waals surface area contributed by atoms with E-state index < -0.39 is 0 Å². The van der Waals surface area contributed by atoms with Crippen LogP contribution in [0.1, 0.15) is 56.9 Å². The summed E-state index contributed by atoms with van der Waals surface area (Å²) in [6.45, 7) is 13.5. The molecule has 35 heavy (non-hydrogen) atoms. The third-order valence-electron chi connectivity index (χ3n) is 7.55. The Balaban J connectivity index is 1.69. The molecule has 6 rings (SSSR count). The molecule has 0 aliphatic carbocycles. The number of benzene rings is 3. The standard InChI is InChI=1S/C32H34NO2/c1-8-20-15-21(9-2)30-27(18(20)3)29-28-23(12-13-33(29)7)31-24(16-26(28)35-30)22-11-10-19(14-25(22)34-31)17-32(4,5)6/h10-16H,8-9,17H2,1-7H3/q+1. The Morgan fingerprint density at radius 1 is 0.886 bits per heavy atom.